The van der Waals surface area contributed by atoms with E-state index in [0.717, 1.165) is 18.7 Å². The van der Waals surface area contributed by atoms with E-state index in [1.807, 2.05) is 0 Å². The maximum Gasteiger partial charge on any atom is 0.416 e. The number of carbonyl (C=O) groups is 2. The number of alkyl halides is 3. The second kappa shape index (κ2) is 16.7. The first-order valence-electron chi connectivity index (χ1n) is 13.3. The van der Waals surface area contributed by atoms with Gasteiger partial charge in [-0.1, -0.05) is 31.4 Å². The van der Waals surface area contributed by atoms with Crippen molar-refractivity contribution in [3.8, 4) is 11.5 Å². The van der Waals surface area contributed by atoms with E-state index >= 15 is 0 Å². The van der Waals surface area contributed by atoms with Gasteiger partial charge >= 0.3 is 18.2 Å². The molecule has 0 saturated heterocycles. The number of aromatic hydroxyl groups is 2. The number of carbonyl (C=O) groups excluding carboxylic acids is 2. The van der Waals surface area contributed by atoms with E-state index in [2.05, 4.69) is 85.0 Å². The van der Waals surface area contributed by atoms with Crippen LogP contribution in [0, 0.1) is 5.92 Å². The monoisotopic (exact) mass is 870 g/mol. The average Bonchev–Trinajstić information content (AvgIpc) is 2.97. The summed E-state index contributed by atoms with van der Waals surface area (Å²) >= 11 is 12.8. The first kappa shape index (κ1) is 36.0. The molecule has 44 heavy (non-hydrogen) atoms. The van der Waals surface area contributed by atoms with E-state index in [1.54, 1.807) is 12.1 Å². The molecule has 1 fully saturated rings. The van der Waals surface area contributed by atoms with E-state index < -0.39 is 17.8 Å². The third kappa shape index (κ3) is 11.5. The van der Waals surface area contributed by atoms with Crippen LogP contribution in [0.15, 0.2) is 66.4 Å². The summed E-state index contributed by atoms with van der Waals surface area (Å²) in [5, 5.41) is 30.0. The lowest BCUT2D eigenvalue weighted by molar-refractivity contribution is -0.137. The van der Waals surface area contributed by atoms with Crippen LogP contribution in [0.1, 0.15) is 43.2 Å². The van der Waals surface area contributed by atoms with Gasteiger partial charge < -0.3 is 31.5 Å². The summed E-state index contributed by atoms with van der Waals surface area (Å²) in [4.78, 5) is 23.7. The van der Waals surface area contributed by atoms with Crippen LogP contribution >= 0.6 is 63.7 Å². The summed E-state index contributed by atoms with van der Waals surface area (Å²) in [6.07, 6.45) is 1.88. The van der Waals surface area contributed by atoms with Crippen LogP contribution in [0.3, 0.4) is 0 Å². The minimum absolute atomic E-state index is 0.00529. The second-order valence-electron chi connectivity index (χ2n) is 9.92. The SMILES string of the molecule is O=C(NCC1CCCCC1)Nc1cc(Br)c(O)c(Br)c1.O=C(NCc1ccc(C(F)(F)F)cc1)Nc1cc(Br)c(O)c(Br)c1. The van der Waals surface area contributed by atoms with Gasteiger partial charge in [0, 0.05) is 24.5 Å². The molecule has 1 aliphatic carbocycles. The standard InChI is InChI=1S/C15H11Br2F3N2O2.C14H18Br2N2O2/c16-11-5-10(6-12(17)13(11)23)22-14(24)21-7-8-1-3-9(4-2-8)15(18,19)20;15-11-6-10(7-12(16)13(11)19)18-14(20)17-8-9-4-2-1-3-5-9/h1-6,23H,7H2,(H2,21,22,24);6-7,9,19H,1-5,8H2,(H2,17,18,20). The molecular formula is C29H29Br4F3N4O4. The summed E-state index contributed by atoms with van der Waals surface area (Å²) in [6, 6.07) is 10.1. The molecule has 6 N–H and O–H groups in total. The largest absolute Gasteiger partial charge is 0.506 e. The lowest BCUT2D eigenvalue weighted by Crippen LogP contribution is -2.33. The number of amides is 4. The van der Waals surface area contributed by atoms with Crippen molar-refractivity contribution in [2.45, 2.75) is 44.8 Å². The highest BCUT2D eigenvalue weighted by atomic mass is 79.9. The van der Waals surface area contributed by atoms with Crippen molar-refractivity contribution in [1.82, 2.24) is 10.6 Å². The molecule has 3 aromatic rings. The maximum absolute atomic E-state index is 12.5. The minimum Gasteiger partial charge on any atom is -0.506 e. The first-order valence-corrected chi connectivity index (χ1v) is 16.5. The second-order valence-corrected chi connectivity index (χ2v) is 13.3. The summed E-state index contributed by atoms with van der Waals surface area (Å²) in [5.74, 6) is 0.733. The molecule has 1 aliphatic rings. The zero-order valence-corrected chi connectivity index (χ0v) is 29.3. The van der Waals surface area contributed by atoms with E-state index in [0.29, 0.717) is 40.7 Å². The highest BCUT2D eigenvalue weighted by Crippen LogP contribution is 2.36. The number of nitrogens with one attached hydrogen (secondary N) is 4. The zero-order chi connectivity index (χ0) is 32.4. The Hall–Kier alpha value is -2.49. The number of rotatable bonds is 6. The molecule has 4 rings (SSSR count). The molecule has 0 spiro atoms. The van der Waals surface area contributed by atoms with E-state index in [9.17, 15) is 33.0 Å². The van der Waals surface area contributed by atoms with Crippen molar-refractivity contribution < 1.29 is 33.0 Å². The van der Waals surface area contributed by atoms with Crippen molar-refractivity contribution >= 4 is 87.2 Å². The van der Waals surface area contributed by atoms with Crippen LogP contribution < -0.4 is 21.3 Å². The van der Waals surface area contributed by atoms with Crippen molar-refractivity contribution in [2.75, 3.05) is 17.2 Å². The predicted molar refractivity (Wildman–Crippen MR) is 178 cm³/mol. The number of hydrogen-bond acceptors (Lipinski definition) is 4. The number of anilines is 2. The third-order valence-corrected chi connectivity index (χ3v) is 8.98. The molecule has 238 valence electrons. The van der Waals surface area contributed by atoms with Gasteiger partial charge in [-0.05, 0) is 124 Å². The van der Waals surface area contributed by atoms with Gasteiger partial charge in [0.2, 0.25) is 0 Å². The van der Waals surface area contributed by atoms with Crippen molar-refractivity contribution in [2.24, 2.45) is 5.92 Å². The minimum atomic E-state index is -4.39. The lowest BCUT2D eigenvalue weighted by Gasteiger charge is -2.21. The molecule has 0 aliphatic heterocycles. The number of halogens is 7. The molecule has 0 radical (unpaired) electrons. The van der Waals surface area contributed by atoms with Gasteiger partial charge in [0.1, 0.15) is 11.5 Å². The Balaban J connectivity index is 0.000000244. The van der Waals surface area contributed by atoms with Crippen molar-refractivity contribution in [3.63, 3.8) is 0 Å². The number of benzene rings is 3. The normalized spacial score (nSPS) is 13.3. The molecule has 4 amide bonds. The van der Waals surface area contributed by atoms with E-state index in [1.165, 1.54) is 56.4 Å². The fraction of sp³-hybridized carbons (Fsp3) is 0.310. The molecule has 0 aromatic heterocycles. The number of phenols is 2. The fourth-order valence-electron chi connectivity index (χ4n) is 4.25. The fourth-order valence-corrected chi connectivity index (χ4v) is 6.62. The maximum atomic E-state index is 12.5. The number of phenolic OH excluding ortho intramolecular Hbond substituents is 2. The molecule has 0 unspecified atom stereocenters. The Kier molecular flexibility index (Phi) is 13.7. The summed E-state index contributed by atoms with van der Waals surface area (Å²) in [6.45, 7) is 0.802. The highest BCUT2D eigenvalue weighted by Gasteiger charge is 2.29. The topological polar surface area (TPSA) is 123 Å². The van der Waals surface area contributed by atoms with Crippen LogP contribution in [0.4, 0.5) is 34.1 Å². The molecule has 3 aromatic carbocycles. The van der Waals surface area contributed by atoms with Gasteiger partial charge in [-0.2, -0.15) is 13.2 Å². The summed E-state index contributed by atoms with van der Waals surface area (Å²) in [7, 11) is 0. The molecule has 1 saturated carbocycles. The Morgan fingerprint density at radius 1 is 0.727 bits per heavy atom. The quantitative estimate of drug-likeness (QED) is 0.138. The Bertz CT molecular complexity index is 1410. The van der Waals surface area contributed by atoms with Gasteiger partial charge in [-0.3, -0.25) is 0 Å². The smallest absolute Gasteiger partial charge is 0.416 e. The molecule has 0 heterocycles. The van der Waals surface area contributed by atoms with E-state index in [-0.39, 0.29) is 24.1 Å². The van der Waals surface area contributed by atoms with Crippen LogP contribution in [0.5, 0.6) is 11.5 Å². The highest BCUT2D eigenvalue weighted by molar-refractivity contribution is 9.11. The van der Waals surface area contributed by atoms with E-state index in [4.69, 9.17) is 0 Å². The Morgan fingerprint density at radius 2 is 1.16 bits per heavy atom. The number of urea groups is 2. The van der Waals surface area contributed by atoms with Crippen LogP contribution in [0.25, 0.3) is 0 Å². The molecule has 15 heteroatoms. The molecular weight excluding hydrogens is 845 g/mol. The lowest BCUT2D eigenvalue weighted by atomic mass is 9.89. The first-order chi connectivity index (χ1) is 20.7. The van der Waals surface area contributed by atoms with Gasteiger partial charge in [-0.25, -0.2) is 9.59 Å². The zero-order valence-electron chi connectivity index (χ0n) is 23.0. The van der Waals surface area contributed by atoms with Gasteiger partial charge in [0.15, 0.2) is 0 Å². The van der Waals surface area contributed by atoms with Crippen molar-refractivity contribution in [1.29, 1.82) is 0 Å². The predicted octanol–water partition coefficient (Wildman–Crippen LogP) is 9.88. The third-order valence-electron chi connectivity index (χ3n) is 6.56. The van der Waals surface area contributed by atoms with Crippen LogP contribution in [-0.4, -0.2) is 28.8 Å². The van der Waals surface area contributed by atoms with Crippen molar-refractivity contribution in [3.05, 3.63) is 77.5 Å². The summed E-state index contributed by atoms with van der Waals surface area (Å²) in [5.41, 5.74) is 0.847. The summed E-state index contributed by atoms with van der Waals surface area (Å²) < 4.78 is 39.3. The molecule has 0 bridgehead atoms. The Labute approximate surface area is 286 Å². The van der Waals surface area contributed by atoms with Crippen LogP contribution in [-0.2, 0) is 12.7 Å². The van der Waals surface area contributed by atoms with Gasteiger partial charge in [0.25, 0.3) is 0 Å². The van der Waals surface area contributed by atoms with Gasteiger partial charge in [-0.15, -0.1) is 0 Å². The van der Waals surface area contributed by atoms with Crippen LogP contribution in [0.2, 0.25) is 0 Å². The average molecular weight is 874 g/mol. The van der Waals surface area contributed by atoms with Gasteiger partial charge in [0.05, 0.1) is 23.5 Å². The molecule has 8 nitrogen and oxygen atoms in total. The Morgan fingerprint density at radius 3 is 1.59 bits per heavy atom. The number of hydrogen-bond donors (Lipinski definition) is 6. The molecule has 0 atom stereocenters.